The van der Waals surface area contributed by atoms with Crippen molar-refractivity contribution < 1.29 is 14.3 Å². The van der Waals surface area contributed by atoms with E-state index in [1.165, 1.54) is 0 Å². The van der Waals surface area contributed by atoms with Gasteiger partial charge in [-0.3, -0.25) is 9.69 Å². The fourth-order valence-corrected chi connectivity index (χ4v) is 4.55. The van der Waals surface area contributed by atoms with Gasteiger partial charge in [0.25, 0.3) is 0 Å². The second kappa shape index (κ2) is 11.7. The normalized spacial score (nSPS) is 15.1. The van der Waals surface area contributed by atoms with E-state index in [1.54, 1.807) is 25.3 Å². The monoisotopic (exact) mass is 492 g/mol. The highest BCUT2D eigenvalue weighted by Crippen LogP contribution is 2.30. The number of para-hydroxylation sites is 1. The van der Waals surface area contributed by atoms with Crippen molar-refractivity contribution >= 4 is 34.9 Å². The highest BCUT2D eigenvalue weighted by atomic mass is 35.5. The summed E-state index contributed by atoms with van der Waals surface area (Å²) < 4.78 is 5.20. The smallest absolute Gasteiger partial charge is 0.319 e. The van der Waals surface area contributed by atoms with Crippen LogP contribution in [0.4, 0.5) is 16.2 Å². The van der Waals surface area contributed by atoms with Crippen LogP contribution < -0.4 is 20.7 Å². The van der Waals surface area contributed by atoms with Gasteiger partial charge in [-0.05, 0) is 48.7 Å². The zero-order valence-electron chi connectivity index (χ0n) is 19.5. The minimum atomic E-state index is -0.462. The summed E-state index contributed by atoms with van der Waals surface area (Å²) >= 11 is 6.24. The van der Waals surface area contributed by atoms with E-state index in [0.29, 0.717) is 29.5 Å². The number of halogens is 1. The Kier molecular flexibility index (Phi) is 8.23. The van der Waals surface area contributed by atoms with Crippen LogP contribution in [0.25, 0.3) is 0 Å². The first-order valence-corrected chi connectivity index (χ1v) is 12.0. The van der Waals surface area contributed by atoms with Crippen molar-refractivity contribution in [3.63, 3.8) is 0 Å². The topological polar surface area (TPSA) is 82.7 Å². The highest BCUT2D eigenvalue weighted by molar-refractivity contribution is 6.32. The lowest BCUT2D eigenvalue weighted by Gasteiger charge is -2.37. The Morgan fingerprint density at radius 2 is 1.57 bits per heavy atom. The second-order valence-corrected chi connectivity index (χ2v) is 8.83. The Labute approximate surface area is 210 Å². The summed E-state index contributed by atoms with van der Waals surface area (Å²) in [5.41, 5.74) is 2.27. The molecule has 3 N–H and O–H groups in total. The number of nitrogens with one attached hydrogen (secondary N) is 3. The van der Waals surface area contributed by atoms with Crippen LogP contribution in [0.5, 0.6) is 5.75 Å². The van der Waals surface area contributed by atoms with Crippen molar-refractivity contribution in [1.29, 1.82) is 0 Å². The number of carbonyl (C=O) groups excluding carboxylic acids is 2. The molecule has 1 fully saturated rings. The molecular weight excluding hydrogens is 464 g/mol. The molecule has 35 heavy (non-hydrogen) atoms. The van der Waals surface area contributed by atoms with Crippen LogP contribution in [-0.2, 0) is 4.79 Å². The number of likely N-dealkylation sites (tertiary alicyclic amines) is 1. The van der Waals surface area contributed by atoms with Gasteiger partial charge in [-0.15, -0.1) is 0 Å². The summed E-state index contributed by atoms with van der Waals surface area (Å²) in [6, 6.07) is 23.6. The molecule has 8 heteroatoms. The maximum atomic E-state index is 13.4. The van der Waals surface area contributed by atoms with E-state index in [1.807, 2.05) is 60.7 Å². The standard InChI is InChI=1S/C27H29ClN4O3/c1-35-24-13-12-22(18-23(24)28)29-26(33)25(19-8-4-2-5-9-19)32-16-14-21(15-17-32)31-27(34)30-20-10-6-3-7-11-20/h2-13,18,21,25H,14-17H2,1H3,(H,29,33)(H2,30,31,34). The zero-order chi connectivity index (χ0) is 24.6. The molecule has 1 atom stereocenters. The van der Waals surface area contributed by atoms with Gasteiger partial charge in [0.15, 0.2) is 0 Å². The molecule has 1 aliphatic heterocycles. The molecule has 0 aliphatic carbocycles. The first-order valence-electron chi connectivity index (χ1n) is 11.6. The van der Waals surface area contributed by atoms with E-state index in [0.717, 1.165) is 24.1 Å². The molecule has 3 aromatic rings. The third-order valence-electron chi connectivity index (χ3n) is 6.04. The maximum absolute atomic E-state index is 13.4. The van der Waals surface area contributed by atoms with Gasteiger partial charge in [0.1, 0.15) is 11.8 Å². The molecule has 0 aromatic heterocycles. The van der Waals surface area contributed by atoms with Crippen LogP contribution in [-0.4, -0.2) is 43.1 Å². The van der Waals surface area contributed by atoms with E-state index in [2.05, 4.69) is 20.9 Å². The Bertz CT molecular complexity index is 1140. The van der Waals surface area contributed by atoms with Crippen LogP contribution >= 0.6 is 11.6 Å². The second-order valence-electron chi connectivity index (χ2n) is 8.43. The summed E-state index contributed by atoms with van der Waals surface area (Å²) in [4.78, 5) is 28.0. The quantitative estimate of drug-likeness (QED) is 0.417. The molecule has 182 valence electrons. The molecule has 0 spiro atoms. The molecule has 4 rings (SSSR count). The van der Waals surface area contributed by atoms with E-state index in [4.69, 9.17) is 16.3 Å². The maximum Gasteiger partial charge on any atom is 0.319 e. The van der Waals surface area contributed by atoms with Crippen molar-refractivity contribution in [3.05, 3.63) is 89.4 Å². The van der Waals surface area contributed by atoms with Gasteiger partial charge in [0.2, 0.25) is 5.91 Å². The number of benzene rings is 3. The molecule has 7 nitrogen and oxygen atoms in total. The Morgan fingerprint density at radius 3 is 2.20 bits per heavy atom. The summed E-state index contributed by atoms with van der Waals surface area (Å²) in [5, 5.41) is 9.34. The highest BCUT2D eigenvalue weighted by Gasteiger charge is 2.31. The van der Waals surface area contributed by atoms with Crippen molar-refractivity contribution in [2.24, 2.45) is 0 Å². The van der Waals surface area contributed by atoms with Crippen LogP contribution in [0, 0.1) is 0 Å². The third-order valence-corrected chi connectivity index (χ3v) is 6.34. The first-order chi connectivity index (χ1) is 17.0. The van der Waals surface area contributed by atoms with Gasteiger partial charge in [-0.25, -0.2) is 4.79 Å². The predicted octanol–water partition coefficient (Wildman–Crippen LogP) is 5.31. The minimum absolute atomic E-state index is 0.0369. The zero-order valence-corrected chi connectivity index (χ0v) is 20.3. The van der Waals surface area contributed by atoms with Crippen LogP contribution in [0.15, 0.2) is 78.9 Å². The summed E-state index contributed by atoms with van der Waals surface area (Å²) in [7, 11) is 1.55. The molecule has 0 bridgehead atoms. The molecular formula is C27H29ClN4O3. The van der Waals surface area contributed by atoms with E-state index in [9.17, 15) is 9.59 Å². The van der Waals surface area contributed by atoms with Crippen molar-refractivity contribution in [1.82, 2.24) is 10.2 Å². The number of nitrogens with zero attached hydrogens (tertiary/aromatic N) is 1. The largest absolute Gasteiger partial charge is 0.495 e. The lowest BCUT2D eigenvalue weighted by Crippen LogP contribution is -2.48. The van der Waals surface area contributed by atoms with Crippen LogP contribution in [0.1, 0.15) is 24.4 Å². The van der Waals surface area contributed by atoms with Gasteiger partial charge in [0.05, 0.1) is 12.1 Å². The average molecular weight is 493 g/mol. The fourth-order valence-electron chi connectivity index (χ4n) is 4.29. The van der Waals surface area contributed by atoms with Crippen LogP contribution in [0.3, 0.4) is 0 Å². The van der Waals surface area contributed by atoms with Gasteiger partial charge < -0.3 is 20.7 Å². The number of piperidine rings is 1. The van der Waals surface area contributed by atoms with E-state index < -0.39 is 6.04 Å². The molecule has 1 heterocycles. The number of urea groups is 1. The van der Waals surface area contributed by atoms with Gasteiger partial charge in [-0.1, -0.05) is 60.1 Å². The SMILES string of the molecule is COc1ccc(NC(=O)C(c2ccccc2)N2CCC(NC(=O)Nc3ccccc3)CC2)cc1Cl. The summed E-state index contributed by atoms with van der Waals surface area (Å²) in [5.74, 6) is 0.417. The van der Waals surface area contributed by atoms with Gasteiger partial charge in [0, 0.05) is 30.5 Å². The Hall–Kier alpha value is -3.55. The molecule has 0 saturated carbocycles. The van der Waals surface area contributed by atoms with Crippen molar-refractivity contribution in [3.8, 4) is 5.75 Å². The van der Waals surface area contributed by atoms with E-state index in [-0.39, 0.29) is 18.0 Å². The fraction of sp³-hybridized carbons (Fsp3) is 0.259. The number of anilines is 2. The third kappa shape index (κ3) is 6.53. The number of rotatable bonds is 7. The molecule has 3 amide bonds. The van der Waals surface area contributed by atoms with Gasteiger partial charge >= 0.3 is 6.03 Å². The van der Waals surface area contributed by atoms with Crippen molar-refractivity contribution in [2.45, 2.75) is 24.9 Å². The number of hydrogen-bond donors (Lipinski definition) is 3. The van der Waals surface area contributed by atoms with E-state index >= 15 is 0 Å². The Morgan fingerprint density at radius 1 is 0.914 bits per heavy atom. The lowest BCUT2D eigenvalue weighted by molar-refractivity contribution is -0.122. The number of ether oxygens (including phenoxy) is 1. The number of methoxy groups -OCH3 is 1. The first kappa shape index (κ1) is 24.6. The number of amides is 3. The lowest BCUT2D eigenvalue weighted by atomic mass is 9.98. The summed E-state index contributed by atoms with van der Waals surface area (Å²) in [6.45, 7) is 1.35. The summed E-state index contributed by atoms with van der Waals surface area (Å²) in [6.07, 6.45) is 1.49. The van der Waals surface area contributed by atoms with Gasteiger partial charge in [-0.2, -0.15) is 0 Å². The van der Waals surface area contributed by atoms with Crippen molar-refractivity contribution in [2.75, 3.05) is 30.8 Å². The molecule has 1 unspecified atom stereocenters. The molecule has 0 radical (unpaired) electrons. The average Bonchev–Trinajstić information content (AvgIpc) is 2.86. The predicted molar refractivity (Wildman–Crippen MR) is 139 cm³/mol. The number of carbonyl (C=O) groups is 2. The molecule has 1 aliphatic rings. The number of hydrogen-bond acceptors (Lipinski definition) is 4. The molecule has 1 saturated heterocycles. The minimum Gasteiger partial charge on any atom is -0.495 e. The Balaban J connectivity index is 1.40. The van der Waals surface area contributed by atoms with Crippen LogP contribution in [0.2, 0.25) is 5.02 Å². The molecule has 3 aromatic carbocycles.